The first-order valence-corrected chi connectivity index (χ1v) is 13.2. The molecule has 0 unspecified atom stereocenters. The van der Waals surface area contributed by atoms with Crippen molar-refractivity contribution in [3.8, 4) is 11.5 Å². The van der Waals surface area contributed by atoms with E-state index in [2.05, 4.69) is 5.32 Å². The van der Waals surface area contributed by atoms with Crippen LogP contribution in [-0.2, 0) is 16.1 Å². The van der Waals surface area contributed by atoms with Crippen molar-refractivity contribution in [2.24, 2.45) is 0 Å². The predicted molar refractivity (Wildman–Crippen MR) is 152 cm³/mol. The summed E-state index contributed by atoms with van der Waals surface area (Å²) in [6, 6.07) is 14.7. The minimum atomic E-state index is -0.458. The van der Waals surface area contributed by atoms with Crippen molar-refractivity contribution < 1.29 is 23.9 Å². The smallest absolute Gasteiger partial charge is 0.293 e. The molecule has 0 bridgehead atoms. The van der Waals surface area contributed by atoms with E-state index in [0.29, 0.717) is 31.9 Å². The summed E-state index contributed by atoms with van der Waals surface area (Å²) in [5, 5.41) is 3.68. The third kappa shape index (κ3) is 6.76. The quantitative estimate of drug-likeness (QED) is 0.265. The van der Waals surface area contributed by atoms with Crippen molar-refractivity contribution in [1.29, 1.82) is 0 Å². The number of nitrogens with one attached hydrogen (secondary N) is 1. The average Bonchev–Trinajstić information content (AvgIpc) is 3.13. The maximum atomic E-state index is 12.9. The van der Waals surface area contributed by atoms with Gasteiger partial charge in [-0.05, 0) is 77.5 Å². The molecule has 4 rings (SSSR count). The Bertz CT molecular complexity index is 1450. The van der Waals surface area contributed by atoms with E-state index in [0.717, 1.165) is 16.7 Å². The van der Waals surface area contributed by atoms with E-state index in [4.69, 9.17) is 55.9 Å². The van der Waals surface area contributed by atoms with Gasteiger partial charge in [0.15, 0.2) is 18.1 Å². The number of ether oxygens (including phenoxy) is 2. The summed E-state index contributed by atoms with van der Waals surface area (Å²) in [7, 11) is 1.42. The van der Waals surface area contributed by atoms with Gasteiger partial charge in [0, 0.05) is 10.7 Å². The molecule has 0 spiro atoms. The van der Waals surface area contributed by atoms with Crippen molar-refractivity contribution in [1.82, 2.24) is 4.90 Å². The molecule has 0 aliphatic carbocycles. The van der Waals surface area contributed by atoms with Gasteiger partial charge in [0.2, 0.25) is 0 Å². The maximum Gasteiger partial charge on any atom is 0.293 e. The Morgan fingerprint density at radius 2 is 1.71 bits per heavy atom. The van der Waals surface area contributed by atoms with E-state index in [1.165, 1.54) is 13.2 Å². The van der Waals surface area contributed by atoms with Crippen LogP contribution < -0.4 is 14.8 Å². The van der Waals surface area contributed by atoms with E-state index in [9.17, 15) is 14.4 Å². The van der Waals surface area contributed by atoms with Gasteiger partial charge < -0.3 is 14.8 Å². The van der Waals surface area contributed by atoms with Gasteiger partial charge in [0.1, 0.15) is 0 Å². The van der Waals surface area contributed by atoms with E-state index >= 15 is 0 Å². The van der Waals surface area contributed by atoms with Gasteiger partial charge in [0.05, 0.1) is 33.6 Å². The van der Waals surface area contributed by atoms with Crippen LogP contribution in [0.1, 0.15) is 11.1 Å². The molecular weight excluding hydrogens is 594 g/mol. The first-order valence-electron chi connectivity index (χ1n) is 10.9. The van der Waals surface area contributed by atoms with Crippen molar-refractivity contribution in [3.05, 3.63) is 90.7 Å². The molecule has 1 aliphatic rings. The second-order valence-electron chi connectivity index (χ2n) is 7.89. The number of carbonyl (C=O) groups excluding carboxylic acids is 3. The van der Waals surface area contributed by atoms with Crippen molar-refractivity contribution in [2.45, 2.75) is 6.54 Å². The fraction of sp³-hybridized carbons (Fsp3) is 0.115. The van der Waals surface area contributed by atoms with Crippen LogP contribution in [0, 0.1) is 0 Å². The molecule has 12 heteroatoms. The highest BCUT2D eigenvalue weighted by Crippen LogP contribution is 2.39. The first kappa shape index (κ1) is 28.1. The lowest BCUT2D eigenvalue weighted by Crippen LogP contribution is -2.27. The predicted octanol–water partition coefficient (Wildman–Crippen LogP) is 7.56. The number of carbonyl (C=O) groups is 3. The summed E-state index contributed by atoms with van der Waals surface area (Å²) in [5.74, 6) is -0.464. The number of methoxy groups -OCH3 is 1. The van der Waals surface area contributed by atoms with Crippen LogP contribution >= 0.6 is 58.2 Å². The normalized spacial score (nSPS) is 14.2. The summed E-state index contributed by atoms with van der Waals surface area (Å²) in [5.41, 5.74) is 1.73. The van der Waals surface area contributed by atoms with Crippen LogP contribution in [0.2, 0.25) is 20.1 Å². The molecule has 0 aromatic heterocycles. The third-order valence-electron chi connectivity index (χ3n) is 5.22. The number of imide groups is 1. The van der Waals surface area contributed by atoms with E-state index in [-0.39, 0.29) is 34.6 Å². The molecule has 38 heavy (non-hydrogen) atoms. The van der Waals surface area contributed by atoms with Crippen LogP contribution in [0.3, 0.4) is 0 Å². The Labute approximate surface area is 242 Å². The van der Waals surface area contributed by atoms with Crippen LogP contribution in [0.25, 0.3) is 6.08 Å². The molecule has 1 saturated heterocycles. The highest BCUT2D eigenvalue weighted by molar-refractivity contribution is 8.18. The summed E-state index contributed by atoms with van der Waals surface area (Å²) < 4.78 is 11.0. The maximum absolute atomic E-state index is 12.9. The molecule has 7 nitrogen and oxygen atoms in total. The van der Waals surface area contributed by atoms with Crippen molar-refractivity contribution >= 4 is 87.0 Å². The topological polar surface area (TPSA) is 84.9 Å². The Hall–Kier alpha value is -2.88. The van der Waals surface area contributed by atoms with Gasteiger partial charge in [-0.2, -0.15) is 0 Å². The molecule has 3 amide bonds. The zero-order valence-corrected chi connectivity index (χ0v) is 23.4. The molecule has 1 aliphatic heterocycles. The lowest BCUT2D eigenvalue weighted by atomic mass is 10.1. The summed E-state index contributed by atoms with van der Waals surface area (Å²) >= 11 is 25.1. The average molecular weight is 612 g/mol. The molecule has 1 heterocycles. The summed E-state index contributed by atoms with van der Waals surface area (Å²) in [6.45, 7) is -0.278. The molecular formula is C26H18Cl4N2O5S. The molecule has 196 valence electrons. The Morgan fingerprint density at radius 3 is 2.39 bits per heavy atom. The zero-order chi connectivity index (χ0) is 27.4. The lowest BCUT2D eigenvalue weighted by molar-refractivity contribution is -0.123. The van der Waals surface area contributed by atoms with Gasteiger partial charge >= 0.3 is 0 Å². The van der Waals surface area contributed by atoms with Gasteiger partial charge in [-0.3, -0.25) is 19.3 Å². The molecule has 1 N–H and O–H groups in total. The van der Waals surface area contributed by atoms with Gasteiger partial charge in [-0.25, -0.2) is 0 Å². The largest absolute Gasteiger partial charge is 0.493 e. The Balaban J connectivity index is 1.46. The molecule has 1 fully saturated rings. The number of hydrogen-bond donors (Lipinski definition) is 1. The molecule has 3 aromatic carbocycles. The molecule has 0 atom stereocenters. The van der Waals surface area contributed by atoms with Gasteiger partial charge in [-0.1, -0.05) is 52.5 Å². The first-order chi connectivity index (χ1) is 18.1. The van der Waals surface area contributed by atoms with Crippen LogP contribution in [0.15, 0.2) is 59.5 Å². The minimum absolute atomic E-state index is 0.0494. The van der Waals surface area contributed by atoms with E-state index < -0.39 is 17.1 Å². The number of benzene rings is 3. The number of nitrogens with zero attached hydrogens (tertiary/aromatic N) is 1. The fourth-order valence-corrected chi connectivity index (χ4v) is 5.00. The van der Waals surface area contributed by atoms with Crippen LogP contribution in [-0.4, -0.2) is 35.7 Å². The number of amides is 3. The third-order valence-corrected chi connectivity index (χ3v) is 7.40. The standard InChI is InChI=1S/C26H18Cl4N2O5S/c1-36-21-10-15(9-20(30)24(21)37-13-23(33)31-17-5-3-16(27)4-6-17)11-22-25(34)32(26(35)38-22)12-14-2-7-18(28)19(29)8-14/h2-11H,12-13H2,1H3,(H,31,33)/b22-11-. The molecule has 0 saturated carbocycles. The molecule has 0 radical (unpaired) electrons. The van der Waals surface area contributed by atoms with Crippen LogP contribution in [0.4, 0.5) is 10.5 Å². The highest BCUT2D eigenvalue weighted by Gasteiger charge is 2.35. The van der Waals surface area contributed by atoms with Gasteiger partial charge in [0.25, 0.3) is 17.1 Å². The van der Waals surface area contributed by atoms with Crippen LogP contribution in [0.5, 0.6) is 11.5 Å². The van der Waals surface area contributed by atoms with E-state index in [1.54, 1.807) is 54.6 Å². The summed E-state index contributed by atoms with van der Waals surface area (Å²) in [4.78, 5) is 39.1. The zero-order valence-electron chi connectivity index (χ0n) is 19.6. The highest BCUT2D eigenvalue weighted by atomic mass is 35.5. The number of halogens is 4. The fourth-order valence-electron chi connectivity index (χ4n) is 3.44. The Kier molecular flexibility index (Phi) is 9.12. The number of hydrogen-bond acceptors (Lipinski definition) is 6. The Morgan fingerprint density at radius 1 is 0.974 bits per heavy atom. The SMILES string of the molecule is COc1cc(/C=C2\SC(=O)N(Cc3ccc(Cl)c(Cl)c3)C2=O)cc(Cl)c1OCC(=O)Nc1ccc(Cl)cc1. The van der Waals surface area contributed by atoms with Crippen molar-refractivity contribution in [2.75, 3.05) is 19.0 Å². The minimum Gasteiger partial charge on any atom is -0.493 e. The second kappa shape index (κ2) is 12.3. The number of rotatable bonds is 8. The lowest BCUT2D eigenvalue weighted by Gasteiger charge is -2.14. The molecule has 3 aromatic rings. The van der Waals surface area contributed by atoms with Gasteiger partial charge in [-0.15, -0.1) is 0 Å². The van der Waals surface area contributed by atoms with Crippen molar-refractivity contribution in [3.63, 3.8) is 0 Å². The van der Waals surface area contributed by atoms with E-state index in [1.807, 2.05) is 0 Å². The monoisotopic (exact) mass is 610 g/mol. The summed E-state index contributed by atoms with van der Waals surface area (Å²) in [6.07, 6.45) is 1.53. The second-order valence-corrected chi connectivity index (χ2v) is 10.5. The number of thioether (sulfide) groups is 1. The number of anilines is 1.